The Bertz CT molecular complexity index is 1420. The van der Waals surface area contributed by atoms with Gasteiger partial charge in [-0.25, -0.2) is 13.2 Å². The molecule has 4 N–H and O–H groups in total. The number of amides is 5. The van der Waals surface area contributed by atoms with Gasteiger partial charge in [-0.1, -0.05) is 59.8 Å². The number of hydrogen-bond acceptors (Lipinski definition) is 7. The van der Waals surface area contributed by atoms with Crippen LogP contribution in [0.2, 0.25) is 0 Å². The minimum absolute atomic E-state index is 0.0105. The van der Waals surface area contributed by atoms with E-state index in [1.807, 2.05) is 13.8 Å². The predicted octanol–water partition coefficient (Wildman–Crippen LogP) is 2.71. The van der Waals surface area contributed by atoms with Crippen molar-refractivity contribution in [2.75, 3.05) is 18.8 Å². The molecule has 1 aliphatic carbocycles. The summed E-state index contributed by atoms with van der Waals surface area (Å²) in [5, 5.41) is 10.8. The molecule has 2 aliphatic rings. The summed E-state index contributed by atoms with van der Waals surface area (Å²) in [5.41, 5.74) is -1.78. The van der Waals surface area contributed by atoms with Crippen LogP contribution in [0, 0.1) is 41.9 Å². The number of rotatable bonds is 13. The van der Waals surface area contributed by atoms with Crippen molar-refractivity contribution in [3.05, 3.63) is 0 Å². The van der Waals surface area contributed by atoms with Crippen molar-refractivity contribution in [1.82, 2.24) is 26.2 Å². The minimum atomic E-state index is -3.58. The lowest BCUT2D eigenvalue weighted by Crippen LogP contribution is -2.64. The zero-order valence-corrected chi connectivity index (χ0v) is 31.3. The Morgan fingerprint density at radius 1 is 0.939 bits per heavy atom. The first-order chi connectivity index (χ1) is 22.6. The van der Waals surface area contributed by atoms with Crippen LogP contribution in [0.25, 0.3) is 0 Å². The first-order valence-electron chi connectivity index (χ1n) is 17.2. The Morgan fingerprint density at radius 2 is 1.55 bits per heavy atom. The zero-order chi connectivity index (χ0) is 37.4. The van der Waals surface area contributed by atoms with Crippen molar-refractivity contribution >= 4 is 39.4 Å². The third-order valence-electron chi connectivity index (χ3n) is 9.61. The quantitative estimate of drug-likeness (QED) is 0.169. The first-order valence-corrected chi connectivity index (χ1v) is 18.9. The number of terminal acetylenes is 2. The summed E-state index contributed by atoms with van der Waals surface area (Å²) >= 11 is 0. The Balaban J connectivity index is 2.39. The van der Waals surface area contributed by atoms with Crippen molar-refractivity contribution in [3.8, 4) is 24.7 Å². The molecule has 0 bridgehead atoms. The highest BCUT2D eigenvalue weighted by Crippen LogP contribution is 2.35. The molecule has 4 atom stereocenters. The molecule has 5 amide bonds. The lowest BCUT2D eigenvalue weighted by molar-refractivity contribution is -0.144. The van der Waals surface area contributed by atoms with Crippen LogP contribution in [-0.4, -0.2) is 90.1 Å². The highest BCUT2D eigenvalue weighted by molar-refractivity contribution is 7.92. The standard InChI is InChI=1S/C36H57N5O7S/c1-11-13-17-26(28(42)31(44)37-21-12-2)38-30(43)27-25(24(3)4)18-22-41(27)32(45)29(34(5,6)7)39-33(46)40-36(19-15-14-16-20-36)23-49(47,48)35(8,9)10/h1-2,24-27,29H,13-23H2,3-10H3,(H,37,44)(H,38,43)(H2,39,40,46)/t25?,26?,27-,29+/m0/s1. The largest absolute Gasteiger partial charge is 0.344 e. The van der Waals surface area contributed by atoms with Crippen molar-refractivity contribution in [2.45, 2.75) is 135 Å². The molecule has 0 aromatic heterocycles. The summed E-state index contributed by atoms with van der Waals surface area (Å²) in [6.07, 6.45) is 14.7. The van der Waals surface area contributed by atoms with Gasteiger partial charge in [0.1, 0.15) is 12.1 Å². The Hall–Kier alpha value is -3.58. The van der Waals surface area contributed by atoms with Crippen LogP contribution in [0.15, 0.2) is 0 Å². The number of nitrogens with zero attached hydrogens (tertiary/aromatic N) is 1. The van der Waals surface area contributed by atoms with Gasteiger partial charge in [0.15, 0.2) is 9.84 Å². The summed E-state index contributed by atoms with van der Waals surface area (Å²) in [6.45, 7) is 14.3. The lowest BCUT2D eigenvalue weighted by atomic mass is 9.83. The molecule has 1 saturated carbocycles. The highest BCUT2D eigenvalue weighted by Gasteiger charge is 2.48. The van der Waals surface area contributed by atoms with E-state index in [-0.39, 0.29) is 43.5 Å². The SMILES string of the molecule is C#CCCC(NC(=O)[C@@H]1C(C(C)C)CCN1C(=O)[C@@H](NC(=O)NC1(CS(=O)(=O)C(C)(C)C)CCCCC1)C(C)(C)C)C(=O)C(=O)NCC#C. The molecule has 12 nitrogen and oxygen atoms in total. The van der Waals surface area contributed by atoms with Gasteiger partial charge in [-0.05, 0) is 63.7 Å². The number of hydrogen-bond donors (Lipinski definition) is 4. The van der Waals surface area contributed by atoms with E-state index in [1.54, 1.807) is 41.5 Å². The third kappa shape index (κ3) is 11.0. The smallest absolute Gasteiger partial charge is 0.315 e. The number of carbonyl (C=O) groups excluding carboxylic acids is 5. The molecule has 2 rings (SSSR count). The normalized spacial score (nSPS) is 20.7. The predicted molar refractivity (Wildman–Crippen MR) is 190 cm³/mol. The first kappa shape index (κ1) is 41.6. The van der Waals surface area contributed by atoms with Crippen LogP contribution in [-0.2, 0) is 29.0 Å². The third-order valence-corrected chi connectivity index (χ3v) is 12.4. The molecule has 274 valence electrons. The van der Waals surface area contributed by atoms with Gasteiger partial charge in [0.25, 0.3) is 5.91 Å². The van der Waals surface area contributed by atoms with E-state index in [0.717, 1.165) is 19.3 Å². The number of likely N-dealkylation sites (tertiary alicyclic amines) is 1. The summed E-state index contributed by atoms with van der Waals surface area (Å²) in [5.74, 6) is 1.21. The molecule has 1 aliphatic heterocycles. The lowest BCUT2D eigenvalue weighted by Gasteiger charge is -2.41. The molecule has 1 heterocycles. The molecule has 2 fully saturated rings. The maximum atomic E-state index is 14.4. The molecule has 2 unspecified atom stereocenters. The van der Waals surface area contributed by atoms with Gasteiger partial charge in [-0.2, -0.15) is 0 Å². The fraction of sp³-hybridized carbons (Fsp3) is 0.750. The Kier molecular flexibility index (Phi) is 14.3. The second-order valence-corrected chi connectivity index (χ2v) is 18.6. The van der Waals surface area contributed by atoms with E-state index in [9.17, 15) is 32.4 Å². The molecule has 49 heavy (non-hydrogen) atoms. The summed E-state index contributed by atoms with van der Waals surface area (Å²) in [7, 11) is -3.58. The molecular formula is C36H57N5O7S. The monoisotopic (exact) mass is 703 g/mol. The molecule has 0 spiro atoms. The molecule has 13 heteroatoms. The number of carbonyl (C=O) groups is 5. The number of urea groups is 1. The summed E-state index contributed by atoms with van der Waals surface area (Å²) in [4.78, 5) is 68.9. The molecule has 0 aromatic rings. The fourth-order valence-corrected chi connectivity index (χ4v) is 8.09. The van der Waals surface area contributed by atoms with Crippen LogP contribution in [0.4, 0.5) is 4.79 Å². The fourth-order valence-electron chi connectivity index (χ4n) is 6.56. The molecule has 0 radical (unpaired) electrons. The maximum absolute atomic E-state index is 14.4. The van der Waals surface area contributed by atoms with Crippen molar-refractivity contribution < 1.29 is 32.4 Å². The van der Waals surface area contributed by atoms with Crippen LogP contribution in [0.5, 0.6) is 0 Å². The Morgan fingerprint density at radius 3 is 2.06 bits per heavy atom. The summed E-state index contributed by atoms with van der Waals surface area (Å²) in [6, 6.07) is -3.95. The summed E-state index contributed by atoms with van der Waals surface area (Å²) < 4.78 is 25.6. The zero-order valence-electron chi connectivity index (χ0n) is 30.5. The molecule has 1 saturated heterocycles. The average molecular weight is 704 g/mol. The second-order valence-electron chi connectivity index (χ2n) is 15.8. The van der Waals surface area contributed by atoms with Crippen LogP contribution in [0.3, 0.4) is 0 Å². The maximum Gasteiger partial charge on any atom is 0.315 e. The van der Waals surface area contributed by atoms with Crippen molar-refractivity contribution in [1.29, 1.82) is 0 Å². The topological polar surface area (TPSA) is 171 Å². The van der Waals surface area contributed by atoms with E-state index in [2.05, 4.69) is 33.1 Å². The number of ketones is 1. The second kappa shape index (κ2) is 16.9. The van der Waals surface area contributed by atoms with Crippen molar-refractivity contribution in [2.24, 2.45) is 17.3 Å². The van der Waals surface area contributed by atoms with E-state index < -0.39 is 73.2 Å². The van der Waals surface area contributed by atoms with Gasteiger partial charge < -0.3 is 26.2 Å². The van der Waals surface area contributed by atoms with Gasteiger partial charge in [0.2, 0.25) is 17.6 Å². The van der Waals surface area contributed by atoms with Crippen LogP contribution < -0.4 is 21.3 Å². The number of Topliss-reactive ketones (excluding diaryl/α,β-unsaturated/α-hetero) is 1. The molecule has 0 aromatic carbocycles. The van der Waals surface area contributed by atoms with E-state index in [4.69, 9.17) is 12.8 Å². The van der Waals surface area contributed by atoms with E-state index in [1.165, 1.54) is 4.90 Å². The van der Waals surface area contributed by atoms with Gasteiger partial charge in [0.05, 0.1) is 28.6 Å². The van der Waals surface area contributed by atoms with Crippen LogP contribution in [0.1, 0.15) is 107 Å². The minimum Gasteiger partial charge on any atom is -0.344 e. The van der Waals surface area contributed by atoms with Gasteiger partial charge in [-0.15, -0.1) is 18.8 Å². The Labute approximate surface area is 293 Å². The van der Waals surface area contributed by atoms with Crippen LogP contribution >= 0.6 is 0 Å². The average Bonchev–Trinajstić information content (AvgIpc) is 3.45. The van der Waals surface area contributed by atoms with E-state index >= 15 is 0 Å². The number of sulfone groups is 1. The van der Waals surface area contributed by atoms with Gasteiger partial charge in [-0.3, -0.25) is 19.2 Å². The van der Waals surface area contributed by atoms with Gasteiger partial charge >= 0.3 is 6.03 Å². The van der Waals surface area contributed by atoms with Crippen molar-refractivity contribution in [3.63, 3.8) is 0 Å². The van der Waals surface area contributed by atoms with E-state index in [0.29, 0.717) is 19.3 Å². The number of nitrogens with one attached hydrogen (secondary N) is 4. The molecular weight excluding hydrogens is 646 g/mol. The van der Waals surface area contributed by atoms with Gasteiger partial charge in [0, 0.05) is 13.0 Å². The highest BCUT2D eigenvalue weighted by atomic mass is 32.2.